The van der Waals surface area contributed by atoms with Crippen molar-refractivity contribution in [1.82, 2.24) is 0 Å². The van der Waals surface area contributed by atoms with Gasteiger partial charge in [0.15, 0.2) is 0 Å². The van der Waals surface area contributed by atoms with Crippen LogP contribution in [0.3, 0.4) is 0 Å². The SMILES string of the molecule is CC(=O)O.CC(=O)O.NCC(N)(O)O. The molecular weight excluding hydrogens is 196 g/mol. The van der Waals surface area contributed by atoms with Gasteiger partial charge in [-0.25, -0.2) is 0 Å². The number of hydrogen-bond acceptors (Lipinski definition) is 6. The zero-order chi connectivity index (χ0) is 12.4. The zero-order valence-electron chi connectivity index (χ0n) is 7.97. The molecule has 0 aliphatic carbocycles. The van der Waals surface area contributed by atoms with Crippen LogP contribution in [-0.4, -0.2) is 44.8 Å². The van der Waals surface area contributed by atoms with Gasteiger partial charge < -0.3 is 26.2 Å². The largest absolute Gasteiger partial charge is 0.481 e. The number of rotatable bonds is 1. The molecular formula is C6H16N2O6. The first-order valence-corrected chi connectivity index (χ1v) is 3.35. The standard InChI is InChI=1S/C2H8N2O2.2C2H4O2/c3-1-2(4,5)6;2*1-2(3)4/h5-6H,1,3-4H2;2*1H3,(H,3,4). The van der Waals surface area contributed by atoms with Gasteiger partial charge in [0.1, 0.15) is 0 Å². The third kappa shape index (κ3) is 325. The van der Waals surface area contributed by atoms with Crippen LogP contribution in [0.4, 0.5) is 0 Å². The number of aliphatic hydroxyl groups is 2. The lowest BCUT2D eigenvalue weighted by atomic mass is 10.5. The van der Waals surface area contributed by atoms with Gasteiger partial charge in [0.25, 0.3) is 11.9 Å². The Bertz CT molecular complexity index is 144. The fraction of sp³-hybridized carbons (Fsp3) is 0.667. The molecule has 0 heterocycles. The van der Waals surface area contributed by atoms with E-state index < -0.39 is 17.8 Å². The van der Waals surface area contributed by atoms with Gasteiger partial charge in [-0.15, -0.1) is 0 Å². The Morgan fingerprint density at radius 2 is 1.21 bits per heavy atom. The van der Waals surface area contributed by atoms with E-state index >= 15 is 0 Å². The second kappa shape index (κ2) is 9.86. The maximum absolute atomic E-state index is 9.00. The Morgan fingerprint density at radius 1 is 1.14 bits per heavy atom. The maximum Gasteiger partial charge on any atom is 0.300 e. The zero-order valence-corrected chi connectivity index (χ0v) is 7.97. The molecule has 0 aliphatic rings. The van der Waals surface area contributed by atoms with Crippen LogP contribution in [0.15, 0.2) is 0 Å². The van der Waals surface area contributed by atoms with Crippen LogP contribution in [0.25, 0.3) is 0 Å². The Labute approximate surface area is 80.8 Å². The van der Waals surface area contributed by atoms with Crippen LogP contribution in [0.1, 0.15) is 13.8 Å². The van der Waals surface area contributed by atoms with E-state index in [0.29, 0.717) is 0 Å². The molecule has 0 aliphatic heterocycles. The molecule has 8 N–H and O–H groups in total. The second-order valence-corrected chi connectivity index (χ2v) is 2.12. The lowest BCUT2D eigenvalue weighted by Gasteiger charge is -2.09. The van der Waals surface area contributed by atoms with E-state index in [0.717, 1.165) is 13.8 Å². The van der Waals surface area contributed by atoms with Crippen LogP contribution in [-0.2, 0) is 9.59 Å². The van der Waals surface area contributed by atoms with E-state index in [2.05, 4.69) is 11.5 Å². The summed E-state index contributed by atoms with van der Waals surface area (Å²) in [4.78, 5) is 18.0. The molecule has 0 rings (SSSR count). The number of carboxylic acids is 2. The van der Waals surface area contributed by atoms with Crippen molar-refractivity contribution in [1.29, 1.82) is 0 Å². The number of nitrogens with two attached hydrogens (primary N) is 2. The van der Waals surface area contributed by atoms with Gasteiger partial charge in [-0.2, -0.15) is 0 Å². The molecule has 0 saturated heterocycles. The lowest BCUT2D eigenvalue weighted by molar-refractivity contribution is -0.146. The summed E-state index contributed by atoms with van der Waals surface area (Å²) in [6.07, 6.45) is 0. The van der Waals surface area contributed by atoms with Crippen molar-refractivity contribution < 1.29 is 30.0 Å². The molecule has 86 valence electrons. The van der Waals surface area contributed by atoms with Crippen molar-refractivity contribution in [3.8, 4) is 0 Å². The average Bonchev–Trinajstić information content (AvgIpc) is 1.83. The van der Waals surface area contributed by atoms with Crippen molar-refractivity contribution in [2.24, 2.45) is 11.5 Å². The summed E-state index contributed by atoms with van der Waals surface area (Å²) < 4.78 is 0. The molecule has 0 aromatic heterocycles. The van der Waals surface area contributed by atoms with Crippen molar-refractivity contribution >= 4 is 11.9 Å². The van der Waals surface area contributed by atoms with Gasteiger partial charge >= 0.3 is 0 Å². The minimum absolute atomic E-state index is 0.340. The Morgan fingerprint density at radius 3 is 1.21 bits per heavy atom. The van der Waals surface area contributed by atoms with E-state index in [1.807, 2.05) is 0 Å². The molecule has 0 fully saturated rings. The quantitative estimate of drug-likeness (QED) is 0.264. The number of aliphatic carboxylic acids is 2. The first kappa shape index (κ1) is 18.5. The molecule has 0 saturated carbocycles. The normalized spacial score (nSPS) is 8.71. The van der Waals surface area contributed by atoms with E-state index in [4.69, 9.17) is 30.0 Å². The summed E-state index contributed by atoms with van der Waals surface area (Å²) in [5.74, 6) is -3.85. The molecule has 8 heteroatoms. The minimum atomic E-state index is -2.18. The molecule has 8 nitrogen and oxygen atoms in total. The van der Waals surface area contributed by atoms with Crippen molar-refractivity contribution in [2.75, 3.05) is 6.54 Å². The van der Waals surface area contributed by atoms with Crippen molar-refractivity contribution in [3.05, 3.63) is 0 Å². The third-order valence-electron chi connectivity index (χ3n) is 0.300. The fourth-order valence-corrected chi connectivity index (χ4v) is 0. The number of carboxylic acid groups (broad SMARTS) is 2. The van der Waals surface area contributed by atoms with Gasteiger partial charge in [-0.3, -0.25) is 15.3 Å². The molecule has 0 radical (unpaired) electrons. The second-order valence-electron chi connectivity index (χ2n) is 2.12. The number of hydrogen-bond donors (Lipinski definition) is 6. The molecule has 0 aromatic carbocycles. The molecule has 0 atom stereocenters. The third-order valence-corrected chi connectivity index (χ3v) is 0.300. The monoisotopic (exact) mass is 212 g/mol. The van der Waals surface area contributed by atoms with E-state index in [1.54, 1.807) is 0 Å². The van der Waals surface area contributed by atoms with Crippen LogP contribution in [0.2, 0.25) is 0 Å². The highest BCUT2D eigenvalue weighted by Gasteiger charge is 2.09. The van der Waals surface area contributed by atoms with Crippen LogP contribution in [0.5, 0.6) is 0 Å². The number of carbonyl (C=O) groups is 2. The van der Waals surface area contributed by atoms with E-state index in [1.165, 1.54) is 0 Å². The summed E-state index contributed by atoms with van der Waals surface area (Å²) in [6, 6.07) is 0. The van der Waals surface area contributed by atoms with E-state index in [9.17, 15) is 0 Å². The topological polar surface area (TPSA) is 167 Å². The Hall–Kier alpha value is -1.22. The summed E-state index contributed by atoms with van der Waals surface area (Å²) in [5.41, 5.74) is 9.20. The lowest BCUT2D eigenvalue weighted by Crippen LogP contribution is -2.46. The minimum Gasteiger partial charge on any atom is -0.481 e. The molecule has 0 spiro atoms. The highest BCUT2D eigenvalue weighted by atomic mass is 16.5. The summed E-state index contributed by atoms with van der Waals surface area (Å²) in [6.45, 7) is 1.83. The van der Waals surface area contributed by atoms with Crippen LogP contribution < -0.4 is 11.5 Å². The van der Waals surface area contributed by atoms with Gasteiger partial charge in [0.2, 0.25) is 5.91 Å². The molecule has 0 unspecified atom stereocenters. The molecule has 0 bridgehead atoms. The molecule has 0 aromatic rings. The van der Waals surface area contributed by atoms with E-state index in [-0.39, 0.29) is 6.54 Å². The van der Waals surface area contributed by atoms with Crippen LogP contribution >= 0.6 is 0 Å². The van der Waals surface area contributed by atoms with Gasteiger partial charge in [-0.05, 0) is 0 Å². The predicted molar refractivity (Wildman–Crippen MR) is 47.0 cm³/mol. The first-order chi connectivity index (χ1) is 6.02. The first-order valence-electron chi connectivity index (χ1n) is 3.35. The maximum atomic E-state index is 9.00. The van der Waals surface area contributed by atoms with Crippen molar-refractivity contribution in [3.63, 3.8) is 0 Å². The highest BCUT2D eigenvalue weighted by Crippen LogP contribution is 1.76. The molecule has 0 amide bonds. The summed E-state index contributed by atoms with van der Waals surface area (Å²) >= 11 is 0. The fourth-order valence-electron chi connectivity index (χ4n) is 0. The predicted octanol–water partition coefficient (Wildman–Crippen LogP) is -2.28. The molecule has 14 heavy (non-hydrogen) atoms. The van der Waals surface area contributed by atoms with Gasteiger partial charge in [-0.1, -0.05) is 0 Å². The highest BCUT2D eigenvalue weighted by molar-refractivity contribution is 5.63. The summed E-state index contributed by atoms with van der Waals surface area (Å²) in [7, 11) is 0. The van der Waals surface area contributed by atoms with Gasteiger partial charge in [0.05, 0.1) is 6.54 Å². The van der Waals surface area contributed by atoms with Crippen LogP contribution in [0, 0.1) is 0 Å². The smallest absolute Gasteiger partial charge is 0.300 e. The summed E-state index contributed by atoms with van der Waals surface area (Å²) in [5, 5.41) is 30.9. The Balaban J connectivity index is -0.000000135. The van der Waals surface area contributed by atoms with Gasteiger partial charge in [0, 0.05) is 13.8 Å². The van der Waals surface area contributed by atoms with Crippen molar-refractivity contribution in [2.45, 2.75) is 19.8 Å². The average molecular weight is 212 g/mol. The Kier molecular flexibility index (Phi) is 13.1.